The molecule has 0 aliphatic carbocycles. The first-order valence-corrected chi connectivity index (χ1v) is 6.99. The van der Waals surface area contributed by atoms with E-state index >= 15 is 0 Å². The van der Waals surface area contributed by atoms with E-state index in [0.717, 1.165) is 40.6 Å². The first-order valence-electron chi connectivity index (χ1n) is 5.79. The molecule has 94 valence electrons. The van der Waals surface area contributed by atoms with E-state index in [2.05, 4.69) is 6.07 Å². The van der Waals surface area contributed by atoms with Gasteiger partial charge >= 0.3 is 5.97 Å². The van der Waals surface area contributed by atoms with Gasteiger partial charge in [-0.1, -0.05) is 18.0 Å². The Kier molecular flexibility index (Phi) is 4.07. The van der Waals surface area contributed by atoms with Crippen LogP contribution in [0.15, 0.2) is 6.07 Å². The Labute approximate surface area is 110 Å². The molecule has 17 heavy (non-hydrogen) atoms. The van der Waals surface area contributed by atoms with E-state index in [1.165, 1.54) is 0 Å². The van der Waals surface area contributed by atoms with Crippen molar-refractivity contribution >= 4 is 28.9 Å². The lowest BCUT2D eigenvalue weighted by Crippen LogP contribution is -2.43. The third-order valence-electron chi connectivity index (χ3n) is 3.17. The van der Waals surface area contributed by atoms with Crippen molar-refractivity contribution in [3.63, 3.8) is 0 Å². The molecule has 2 heterocycles. The number of thiophene rings is 1. The highest BCUT2D eigenvalue weighted by molar-refractivity contribution is 7.16. The zero-order valence-corrected chi connectivity index (χ0v) is 11.4. The summed E-state index contributed by atoms with van der Waals surface area (Å²) in [6.07, 6.45) is 2.85. The van der Waals surface area contributed by atoms with E-state index in [1.54, 1.807) is 11.3 Å². The van der Waals surface area contributed by atoms with Crippen molar-refractivity contribution in [1.82, 2.24) is 4.90 Å². The van der Waals surface area contributed by atoms with Crippen molar-refractivity contribution in [3.05, 3.63) is 20.8 Å². The van der Waals surface area contributed by atoms with Gasteiger partial charge in [-0.2, -0.15) is 0 Å². The standard InChI is InChI=1S/C12H16ClNO2S/c1-8-6-9(17-11(8)13)7-14-5-3-2-4-10(14)12(15)16/h6,10H,2-5,7H2,1H3,(H,15,16). The summed E-state index contributed by atoms with van der Waals surface area (Å²) in [5.74, 6) is -0.705. The topological polar surface area (TPSA) is 40.5 Å². The summed E-state index contributed by atoms with van der Waals surface area (Å²) in [6, 6.07) is 1.73. The summed E-state index contributed by atoms with van der Waals surface area (Å²) in [7, 11) is 0. The lowest BCUT2D eigenvalue weighted by atomic mass is 10.0. The highest BCUT2D eigenvalue weighted by Gasteiger charge is 2.28. The number of carboxylic acid groups (broad SMARTS) is 1. The van der Waals surface area contributed by atoms with Gasteiger partial charge in [0.1, 0.15) is 6.04 Å². The molecule has 1 saturated heterocycles. The maximum atomic E-state index is 11.2. The minimum absolute atomic E-state index is 0.329. The molecule has 1 unspecified atom stereocenters. The maximum Gasteiger partial charge on any atom is 0.320 e. The molecule has 0 spiro atoms. The average molecular weight is 274 g/mol. The van der Waals surface area contributed by atoms with E-state index in [9.17, 15) is 9.90 Å². The van der Waals surface area contributed by atoms with E-state index in [-0.39, 0.29) is 6.04 Å². The summed E-state index contributed by atoms with van der Waals surface area (Å²) in [5, 5.41) is 9.18. The first kappa shape index (κ1) is 12.9. The number of aliphatic carboxylic acids is 1. The Balaban J connectivity index is 2.07. The third kappa shape index (κ3) is 3.00. The number of likely N-dealkylation sites (tertiary alicyclic amines) is 1. The molecule has 2 rings (SSSR count). The fourth-order valence-electron chi connectivity index (χ4n) is 2.26. The van der Waals surface area contributed by atoms with E-state index in [0.29, 0.717) is 6.54 Å². The quantitative estimate of drug-likeness (QED) is 0.920. The van der Waals surface area contributed by atoms with Crippen molar-refractivity contribution < 1.29 is 9.90 Å². The molecule has 0 bridgehead atoms. The Morgan fingerprint density at radius 3 is 3.00 bits per heavy atom. The molecule has 1 aliphatic rings. The number of piperidine rings is 1. The first-order chi connectivity index (χ1) is 8.08. The van der Waals surface area contributed by atoms with E-state index < -0.39 is 5.97 Å². The van der Waals surface area contributed by atoms with Crippen LogP contribution in [0.25, 0.3) is 0 Å². The van der Waals surface area contributed by atoms with E-state index in [1.807, 2.05) is 11.8 Å². The molecule has 1 fully saturated rings. The van der Waals surface area contributed by atoms with Crippen LogP contribution in [0.5, 0.6) is 0 Å². The van der Waals surface area contributed by atoms with Gasteiger partial charge in [-0.25, -0.2) is 0 Å². The zero-order valence-electron chi connectivity index (χ0n) is 9.78. The summed E-state index contributed by atoms with van der Waals surface area (Å²) >= 11 is 7.58. The van der Waals surface area contributed by atoms with Gasteiger partial charge in [0.05, 0.1) is 4.34 Å². The fraction of sp³-hybridized carbons (Fsp3) is 0.583. The van der Waals surface area contributed by atoms with Crippen LogP contribution >= 0.6 is 22.9 Å². The second-order valence-electron chi connectivity index (χ2n) is 4.49. The third-order valence-corrected chi connectivity index (χ3v) is 4.71. The summed E-state index contributed by atoms with van der Waals surface area (Å²) in [6.45, 7) is 3.55. The van der Waals surface area contributed by atoms with E-state index in [4.69, 9.17) is 11.6 Å². The largest absolute Gasteiger partial charge is 0.480 e. The van der Waals surface area contributed by atoms with Gasteiger partial charge in [0, 0.05) is 11.4 Å². The molecule has 1 atom stereocenters. The number of hydrogen-bond acceptors (Lipinski definition) is 3. The van der Waals surface area contributed by atoms with Crippen molar-refractivity contribution in [3.8, 4) is 0 Å². The minimum Gasteiger partial charge on any atom is -0.480 e. The number of nitrogens with zero attached hydrogens (tertiary/aromatic N) is 1. The molecule has 1 N–H and O–H groups in total. The molecule has 0 aromatic carbocycles. The molecular formula is C12H16ClNO2S. The van der Waals surface area contributed by atoms with Crippen molar-refractivity contribution in [2.45, 2.75) is 38.8 Å². The van der Waals surface area contributed by atoms with Crippen LogP contribution < -0.4 is 0 Å². The SMILES string of the molecule is Cc1cc(CN2CCCCC2C(=O)O)sc1Cl. The van der Waals surface area contributed by atoms with Crippen LogP contribution in [0.1, 0.15) is 29.7 Å². The summed E-state index contributed by atoms with van der Waals surface area (Å²) in [5.41, 5.74) is 1.08. The highest BCUT2D eigenvalue weighted by atomic mass is 35.5. The Morgan fingerprint density at radius 1 is 1.65 bits per heavy atom. The van der Waals surface area contributed by atoms with Gasteiger partial charge in [0.25, 0.3) is 0 Å². The molecule has 1 aromatic heterocycles. The van der Waals surface area contributed by atoms with Crippen molar-refractivity contribution in [1.29, 1.82) is 0 Å². The number of carboxylic acids is 1. The predicted octanol–water partition coefficient (Wildman–Crippen LogP) is 3.15. The molecular weight excluding hydrogens is 258 g/mol. The second kappa shape index (κ2) is 5.38. The van der Waals surface area contributed by atoms with Crippen molar-refractivity contribution in [2.24, 2.45) is 0 Å². The maximum absolute atomic E-state index is 11.2. The molecule has 3 nitrogen and oxygen atoms in total. The minimum atomic E-state index is -0.705. The Hall–Kier alpha value is -0.580. The van der Waals surface area contributed by atoms with Gasteiger partial charge in [0.15, 0.2) is 0 Å². The van der Waals surface area contributed by atoms with Crippen LogP contribution in [0, 0.1) is 6.92 Å². The Morgan fingerprint density at radius 2 is 2.41 bits per heavy atom. The van der Waals surface area contributed by atoms with Gasteiger partial charge < -0.3 is 5.11 Å². The highest BCUT2D eigenvalue weighted by Crippen LogP contribution is 2.29. The van der Waals surface area contributed by atoms with Crippen LogP contribution in [0.2, 0.25) is 4.34 Å². The number of carbonyl (C=O) groups is 1. The molecule has 1 aliphatic heterocycles. The van der Waals surface area contributed by atoms with Gasteiger partial charge in [-0.05, 0) is 37.9 Å². The summed E-state index contributed by atoms with van der Waals surface area (Å²) in [4.78, 5) is 14.4. The Bertz CT molecular complexity index is 399. The van der Waals surface area contributed by atoms with Crippen LogP contribution in [0.3, 0.4) is 0 Å². The number of aryl methyl sites for hydroxylation is 1. The fourth-order valence-corrected chi connectivity index (χ4v) is 3.53. The lowest BCUT2D eigenvalue weighted by Gasteiger charge is -2.32. The van der Waals surface area contributed by atoms with Crippen LogP contribution in [-0.4, -0.2) is 28.6 Å². The number of hydrogen-bond donors (Lipinski definition) is 1. The average Bonchev–Trinajstić information content (AvgIpc) is 2.58. The normalized spacial score (nSPS) is 21.6. The molecule has 5 heteroatoms. The molecule has 0 saturated carbocycles. The van der Waals surface area contributed by atoms with Gasteiger partial charge in [-0.15, -0.1) is 11.3 Å². The van der Waals surface area contributed by atoms with Gasteiger partial charge in [-0.3, -0.25) is 9.69 Å². The number of halogens is 1. The molecule has 0 radical (unpaired) electrons. The van der Waals surface area contributed by atoms with Gasteiger partial charge in [0.2, 0.25) is 0 Å². The number of rotatable bonds is 3. The monoisotopic (exact) mass is 273 g/mol. The molecule has 1 aromatic rings. The van der Waals surface area contributed by atoms with Crippen molar-refractivity contribution in [2.75, 3.05) is 6.54 Å². The van der Waals surface area contributed by atoms with Crippen LogP contribution in [-0.2, 0) is 11.3 Å². The lowest BCUT2D eigenvalue weighted by molar-refractivity contribution is -0.144. The second-order valence-corrected chi connectivity index (χ2v) is 6.23. The van der Waals surface area contributed by atoms with Crippen LogP contribution in [0.4, 0.5) is 0 Å². The predicted molar refractivity (Wildman–Crippen MR) is 69.8 cm³/mol. The molecule has 0 amide bonds. The smallest absolute Gasteiger partial charge is 0.320 e. The summed E-state index contributed by atoms with van der Waals surface area (Å²) < 4.78 is 0.809. The zero-order chi connectivity index (χ0) is 12.4.